The van der Waals surface area contributed by atoms with E-state index in [1.54, 1.807) is 0 Å². The van der Waals surface area contributed by atoms with Crippen LogP contribution in [0.3, 0.4) is 0 Å². The number of nitrogens with zero attached hydrogens (tertiary/aromatic N) is 3. The van der Waals surface area contributed by atoms with Gasteiger partial charge in [0.1, 0.15) is 5.54 Å². The number of carbonyl (C=O) groups is 1. The lowest BCUT2D eigenvalue weighted by atomic mass is 9.89. The van der Waals surface area contributed by atoms with Crippen LogP contribution < -0.4 is 5.32 Å². The lowest BCUT2D eigenvalue weighted by Crippen LogP contribution is -2.53. The molecule has 0 unspecified atom stereocenters. The van der Waals surface area contributed by atoms with Crippen molar-refractivity contribution in [3.8, 4) is 0 Å². The molecule has 0 aromatic carbocycles. The molecule has 1 aliphatic carbocycles. The van der Waals surface area contributed by atoms with E-state index in [9.17, 15) is 4.79 Å². The van der Waals surface area contributed by atoms with Crippen LogP contribution >= 0.6 is 0 Å². The van der Waals surface area contributed by atoms with Crippen LogP contribution in [0.5, 0.6) is 0 Å². The van der Waals surface area contributed by atoms with Crippen molar-refractivity contribution in [3.05, 3.63) is 11.7 Å². The summed E-state index contributed by atoms with van der Waals surface area (Å²) in [5, 5.41) is 7.29. The van der Waals surface area contributed by atoms with Crippen LogP contribution in [-0.4, -0.2) is 67.0 Å². The first-order valence-electron chi connectivity index (χ1n) is 8.78. The third kappa shape index (κ3) is 3.45. The molecule has 0 atom stereocenters. The first-order valence-corrected chi connectivity index (χ1v) is 8.78. The van der Waals surface area contributed by atoms with E-state index in [-0.39, 0.29) is 5.91 Å². The van der Waals surface area contributed by atoms with Gasteiger partial charge in [-0.05, 0) is 12.8 Å². The lowest BCUT2D eigenvalue weighted by Gasteiger charge is -2.35. The smallest absolute Gasteiger partial charge is 0.252 e. The minimum atomic E-state index is -0.595. The highest BCUT2D eigenvalue weighted by Gasteiger charge is 2.42. The monoisotopic (exact) mass is 336 g/mol. The first kappa shape index (κ1) is 16.0. The highest BCUT2D eigenvalue weighted by molar-refractivity contribution is 5.79. The number of morpholine rings is 1. The third-order valence-electron chi connectivity index (χ3n) is 4.99. The SMILES string of the molecule is O=C(CN1CCOCC1)NC1(c2nc(C3CC3)no2)CCOCC1. The van der Waals surface area contributed by atoms with Gasteiger partial charge in [-0.2, -0.15) is 4.98 Å². The predicted octanol–water partition coefficient (Wildman–Crippen LogP) is 0.401. The maximum atomic E-state index is 12.6. The van der Waals surface area contributed by atoms with Gasteiger partial charge in [0.25, 0.3) is 5.89 Å². The van der Waals surface area contributed by atoms with Crippen LogP contribution in [0.1, 0.15) is 43.3 Å². The number of rotatable bonds is 5. The standard InChI is InChI=1S/C16H24N4O4/c21-13(11-20-5-9-23-10-6-20)18-16(3-7-22-8-4-16)15-17-14(19-24-15)12-1-2-12/h12H,1-11H2,(H,18,21). The van der Waals surface area contributed by atoms with Gasteiger partial charge >= 0.3 is 0 Å². The molecular weight excluding hydrogens is 312 g/mol. The van der Waals surface area contributed by atoms with Crippen molar-refractivity contribution in [2.75, 3.05) is 46.1 Å². The fraction of sp³-hybridized carbons (Fsp3) is 0.812. The van der Waals surface area contributed by atoms with Crippen LogP contribution in [0.2, 0.25) is 0 Å². The van der Waals surface area contributed by atoms with E-state index >= 15 is 0 Å². The van der Waals surface area contributed by atoms with Crippen molar-refractivity contribution in [2.45, 2.75) is 37.1 Å². The van der Waals surface area contributed by atoms with Gasteiger partial charge in [-0.3, -0.25) is 9.69 Å². The van der Waals surface area contributed by atoms with E-state index in [0.29, 0.717) is 57.6 Å². The topological polar surface area (TPSA) is 89.7 Å². The molecule has 1 aromatic heterocycles. The Morgan fingerprint density at radius 3 is 2.58 bits per heavy atom. The van der Waals surface area contributed by atoms with Crippen molar-refractivity contribution in [3.63, 3.8) is 0 Å². The van der Waals surface area contributed by atoms with Crippen LogP contribution in [0.4, 0.5) is 0 Å². The Balaban J connectivity index is 1.46. The van der Waals surface area contributed by atoms with Crippen molar-refractivity contribution >= 4 is 5.91 Å². The molecule has 132 valence electrons. The minimum absolute atomic E-state index is 0.00929. The number of amides is 1. The molecule has 2 aliphatic heterocycles. The van der Waals surface area contributed by atoms with Crippen LogP contribution in [-0.2, 0) is 19.8 Å². The summed E-state index contributed by atoms with van der Waals surface area (Å²) in [5.41, 5.74) is -0.595. The number of ether oxygens (including phenoxy) is 2. The zero-order chi connectivity index (χ0) is 16.4. The quantitative estimate of drug-likeness (QED) is 0.832. The van der Waals surface area contributed by atoms with Gasteiger partial charge in [0, 0.05) is 45.1 Å². The number of aromatic nitrogens is 2. The molecule has 0 spiro atoms. The molecule has 8 nitrogen and oxygen atoms in total. The molecule has 1 saturated carbocycles. The summed E-state index contributed by atoms with van der Waals surface area (Å²) in [6.45, 7) is 4.47. The zero-order valence-corrected chi connectivity index (χ0v) is 13.8. The van der Waals surface area contributed by atoms with Crippen molar-refractivity contribution in [2.24, 2.45) is 0 Å². The Kier molecular flexibility index (Phi) is 4.51. The minimum Gasteiger partial charge on any atom is -0.381 e. The molecule has 2 saturated heterocycles. The van der Waals surface area contributed by atoms with Crippen LogP contribution in [0.15, 0.2) is 4.52 Å². The van der Waals surface area contributed by atoms with Gasteiger partial charge in [0.15, 0.2) is 5.82 Å². The number of hydrogen-bond donors (Lipinski definition) is 1. The Morgan fingerprint density at radius 1 is 1.17 bits per heavy atom. The van der Waals surface area contributed by atoms with Gasteiger partial charge in [0.05, 0.1) is 19.8 Å². The molecule has 1 N–H and O–H groups in total. The second-order valence-corrected chi connectivity index (χ2v) is 6.86. The van der Waals surface area contributed by atoms with E-state index in [0.717, 1.165) is 31.8 Å². The molecule has 4 rings (SSSR count). The summed E-state index contributed by atoms with van der Waals surface area (Å²) >= 11 is 0. The zero-order valence-electron chi connectivity index (χ0n) is 13.8. The largest absolute Gasteiger partial charge is 0.381 e. The molecule has 3 heterocycles. The van der Waals surface area contributed by atoms with Gasteiger partial charge in [-0.25, -0.2) is 0 Å². The second-order valence-electron chi connectivity index (χ2n) is 6.86. The summed E-state index contributed by atoms with van der Waals surface area (Å²) in [6.07, 6.45) is 3.57. The maximum Gasteiger partial charge on any atom is 0.252 e. The van der Waals surface area contributed by atoms with Crippen LogP contribution in [0, 0.1) is 0 Å². The predicted molar refractivity (Wildman–Crippen MR) is 83.4 cm³/mol. The Labute approximate surface area is 140 Å². The van der Waals surface area contributed by atoms with Gasteiger partial charge < -0.3 is 19.3 Å². The molecule has 0 bridgehead atoms. The summed E-state index contributed by atoms with van der Waals surface area (Å²) in [7, 11) is 0. The Morgan fingerprint density at radius 2 is 1.88 bits per heavy atom. The van der Waals surface area contributed by atoms with E-state index in [1.807, 2.05) is 0 Å². The molecule has 0 radical (unpaired) electrons. The fourth-order valence-corrected chi connectivity index (χ4v) is 3.32. The van der Waals surface area contributed by atoms with Crippen molar-refractivity contribution in [1.29, 1.82) is 0 Å². The highest BCUT2D eigenvalue weighted by Crippen LogP contribution is 2.40. The lowest BCUT2D eigenvalue weighted by molar-refractivity contribution is -0.127. The fourth-order valence-electron chi connectivity index (χ4n) is 3.32. The summed E-state index contributed by atoms with van der Waals surface area (Å²) < 4.78 is 16.3. The number of carbonyl (C=O) groups excluding carboxylic acids is 1. The van der Waals surface area contributed by atoms with E-state index in [4.69, 9.17) is 14.0 Å². The van der Waals surface area contributed by atoms with Gasteiger partial charge in [0.2, 0.25) is 5.91 Å². The summed E-state index contributed by atoms with van der Waals surface area (Å²) in [4.78, 5) is 19.3. The third-order valence-corrected chi connectivity index (χ3v) is 4.99. The second kappa shape index (κ2) is 6.78. The molecule has 1 aromatic rings. The molecule has 24 heavy (non-hydrogen) atoms. The molecular formula is C16H24N4O4. The average molecular weight is 336 g/mol. The van der Waals surface area contributed by atoms with Crippen LogP contribution in [0.25, 0.3) is 0 Å². The first-order chi connectivity index (χ1) is 11.8. The number of nitrogens with one attached hydrogen (secondary N) is 1. The average Bonchev–Trinajstić information content (AvgIpc) is 3.33. The summed E-state index contributed by atoms with van der Waals surface area (Å²) in [6, 6.07) is 0. The molecule has 3 fully saturated rings. The van der Waals surface area contributed by atoms with E-state index in [1.165, 1.54) is 0 Å². The Bertz CT molecular complexity index is 574. The van der Waals surface area contributed by atoms with E-state index < -0.39 is 5.54 Å². The van der Waals surface area contributed by atoms with Gasteiger partial charge in [-0.15, -0.1) is 0 Å². The summed E-state index contributed by atoms with van der Waals surface area (Å²) in [5.74, 6) is 1.73. The maximum absolute atomic E-state index is 12.6. The number of hydrogen-bond acceptors (Lipinski definition) is 7. The van der Waals surface area contributed by atoms with Crippen molar-refractivity contribution in [1.82, 2.24) is 20.4 Å². The molecule has 3 aliphatic rings. The van der Waals surface area contributed by atoms with Crippen molar-refractivity contribution < 1.29 is 18.8 Å². The highest BCUT2D eigenvalue weighted by atomic mass is 16.5. The Hall–Kier alpha value is -1.51. The normalized spacial score (nSPS) is 24.7. The van der Waals surface area contributed by atoms with Gasteiger partial charge in [-0.1, -0.05) is 5.16 Å². The van der Waals surface area contributed by atoms with E-state index in [2.05, 4.69) is 20.4 Å². The molecule has 1 amide bonds. The molecule has 8 heteroatoms.